The lowest BCUT2D eigenvalue weighted by molar-refractivity contribution is -0.332. The number of ether oxygens (including phenoxy) is 6. The van der Waals surface area contributed by atoms with E-state index in [0.29, 0.717) is 12.8 Å². The Labute approximate surface area is 409 Å². The van der Waals surface area contributed by atoms with Crippen molar-refractivity contribution in [2.75, 3.05) is 26.4 Å². The zero-order valence-electron chi connectivity index (χ0n) is 42.1. The van der Waals surface area contributed by atoms with Crippen LogP contribution in [0.25, 0.3) is 0 Å². The van der Waals surface area contributed by atoms with Gasteiger partial charge in [-0.1, -0.05) is 154 Å². The fourth-order valence-electron chi connectivity index (χ4n) is 8.44. The zero-order chi connectivity index (χ0) is 49.6. The summed E-state index contributed by atoms with van der Waals surface area (Å²) in [6.45, 7) is 2.58. The molecule has 15 heteroatoms. The van der Waals surface area contributed by atoms with Gasteiger partial charge in [0.15, 0.2) is 18.7 Å². The van der Waals surface area contributed by atoms with Gasteiger partial charge in [-0.05, 0) is 64.2 Å². The van der Waals surface area contributed by atoms with E-state index in [1.807, 2.05) is 0 Å². The van der Waals surface area contributed by atoms with Crippen molar-refractivity contribution in [2.24, 2.45) is 0 Å². The van der Waals surface area contributed by atoms with Crippen LogP contribution in [0.3, 0.4) is 0 Å². The number of carbonyl (C=O) groups is 2. The number of allylic oxidation sites excluding steroid dienone is 4. The highest BCUT2D eigenvalue weighted by molar-refractivity contribution is 5.70. The van der Waals surface area contributed by atoms with E-state index in [-0.39, 0.29) is 26.1 Å². The van der Waals surface area contributed by atoms with E-state index in [1.54, 1.807) is 0 Å². The first kappa shape index (κ1) is 62.1. The first-order valence-electron chi connectivity index (χ1n) is 26.9. The molecular weight excluding hydrogens is 877 g/mol. The fraction of sp³-hybridized carbons (Fsp3) is 0.887. The molecule has 0 radical (unpaired) electrons. The van der Waals surface area contributed by atoms with Crippen LogP contribution < -0.4 is 0 Å². The van der Waals surface area contributed by atoms with E-state index >= 15 is 0 Å². The van der Waals surface area contributed by atoms with Crippen molar-refractivity contribution in [1.29, 1.82) is 0 Å². The molecule has 0 aromatic rings. The van der Waals surface area contributed by atoms with Crippen molar-refractivity contribution in [3.8, 4) is 0 Å². The van der Waals surface area contributed by atoms with Crippen LogP contribution in [0.4, 0.5) is 0 Å². The molecule has 2 aliphatic heterocycles. The quantitative estimate of drug-likeness (QED) is 0.0175. The van der Waals surface area contributed by atoms with E-state index in [0.717, 1.165) is 57.8 Å². The van der Waals surface area contributed by atoms with Gasteiger partial charge in [-0.2, -0.15) is 0 Å². The number of aliphatic hydroxyl groups excluding tert-OH is 7. The second-order valence-electron chi connectivity index (χ2n) is 19.0. The van der Waals surface area contributed by atoms with Gasteiger partial charge in [-0.3, -0.25) is 9.59 Å². The first-order valence-corrected chi connectivity index (χ1v) is 26.9. The summed E-state index contributed by atoms with van der Waals surface area (Å²) in [6, 6.07) is 0. The third-order valence-corrected chi connectivity index (χ3v) is 12.9. The van der Waals surface area contributed by atoms with Gasteiger partial charge in [0.05, 0.1) is 19.8 Å². The maximum atomic E-state index is 13.0. The van der Waals surface area contributed by atoms with Crippen LogP contribution >= 0.6 is 0 Å². The summed E-state index contributed by atoms with van der Waals surface area (Å²) < 4.78 is 33.6. The lowest BCUT2D eigenvalue weighted by atomic mass is 9.98. The van der Waals surface area contributed by atoms with Crippen molar-refractivity contribution in [3.63, 3.8) is 0 Å². The summed E-state index contributed by atoms with van der Waals surface area (Å²) in [5, 5.41) is 72.1. The number of aliphatic hydroxyl groups is 7. The number of carbonyl (C=O) groups excluding carboxylic acids is 2. The molecule has 0 aliphatic carbocycles. The minimum Gasteiger partial charge on any atom is -0.462 e. The number of hydrogen-bond donors (Lipinski definition) is 7. The molecule has 2 saturated heterocycles. The summed E-state index contributed by atoms with van der Waals surface area (Å²) >= 11 is 0. The van der Waals surface area contributed by atoms with E-state index in [9.17, 15) is 45.3 Å². The minimum atomic E-state index is -1.76. The normalized spacial score (nSPS) is 25.9. The van der Waals surface area contributed by atoms with Gasteiger partial charge >= 0.3 is 11.9 Å². The average molecular weight is 973 g/mol. The van der Waals surface area contributed by atoms with Gasteiger partial charge in [0.2, 0.25) is 0 Å². The molecule has 0 bridgehead atoms. The molecule has 0 aromatic heterocycles. The van der Waals surface area contributed by atoms with Crippen LogP contribution in [-0.4, -0.2) is 142 Å². The minimum absolute atomic E-state index is 0.161. The van der Waals surface area contributed by atoms with Gasteiger partial charge in [0.1, 0.15) is 55.4 Å². The zero-order valence-corrected chi connectivity index (χ0v) is 42.1. The van der Waals surface area contributed by atoms with Crippen LogP contribution in [0, 0.1) is 0 Å². The molecule has 2 heterocycles. The molecule has 0 amide bonds. The first-order chi connectivity index (χ1) is 33.0. The van der Waals surface area contributed by atoms with Crippen molar-refractivity contribution in [3.05, 3.63) is 24.3 Å². The third kappa shape index (κ3) is 28.1. The summed E-state index contributed by atoms with van der Waals surface area (Å²) in [5.74, 6) is -0.929. The van der Waals surface area contributed by atoms with Crippen molar-refractivity contribution in [1.82, 2.24) is 0 Å². The Bertz CT molecular complexity index is 1280. The van der Waals surface area contributed by atoms with Gasteiger partial charge in [-0.25, -0.2) is 0 Å². The maximum absolute atomic E-state index is 13.0. The highest BCUT2D eigenvalue weighted by atomic mass is 16.7. The molecule has 15 nitrogen and oxygen atoms in total. The van der Waals surface area contributed by atoms with Gasteiger partial charge < -0.3 is 64.2 Å². The molecule has 0 spiro atoms. The maximum Gasteiger partial charge on any atom is 0.306 e. The van der Waals surface area contributed by atoms with Crippen molar-refractivity contribution < 1.29 is 73.8 Å². The highest BCUT2D eigenvalue weighted by Crippen LogP contribution is 2.26. The molecule has 11 atom stereocenters. The molecule has 68 heavy (non-hydrogen) atoms. The lowest BCUT2D eigenvalue weighted by Crippen LogP contribution is -2.61. The Kier molecular flexibility index (Phi) is 37.0. The molecule has 7 N–H and O–H groups in total. The molecule has 2 fully saturated rings. The van der Waals surface area contributed by atoms with Gasteiger partial charge in [0.25, 0.3) is 0 Å². The van der Waals surface area contributed by atoms with E-state index < -0.39 is 92.7 Å². The second-order valence-corrected chi connectivity index (χ2v) is 19.0. The number of esters is 2. The number of unbranched alkanes of at least 4 members (excludes halogenated alkanes) is 24. The Morgan fingerprint density at radius 2 is 0.838 bits per heavy atom. The van der Waals surface area contributed by atoms with E-state index in [1.165, 1.54) is 109 Å². The van der Waals surface area contributed by atoms with Crippen LogP contribution in [0.2, 0.25) is 0 Å². The predicted octanol–water partition coefficient (Wildman–Crippen LogP) is 7.94. The fourth-order valence-corrected chi connectivity index (χ4v) is 8.44. The van der Waals surface area contributed by atoms with Crippen LogP contribution in [0.15, 0.2) is 24.3 Å². The molecule has 0 saturated carbocycles. The Morgan fingerprint density at radius 3 is 1.31 bits per heavy atom. The molecule has 4 unspecified atom stereocenters. The van der Waals surface area contributed by atoms with Crippen molar-refractivity contribution >= 4 is 11.9 Å². The van der Waals surface area contributed by atoms with Crippen LogP contribution in [-0.2, 0) is 38.0 Å². The largest absolute Gasteiger partial charge is 0.462 e. The highest BCUT2D eigenvalue weighted by Gasteiger charge is 2.47. The van der Waals surface area contributed by atoms with E-state index in [2.05, 4.69) is 38.2 Å². The summed E-state index contributed by atoms with van der Waals surface area (Å²) in [5.41, 5.74) is 0. The summed E-state index contributed by atoms with van der Waals surface area (Å²) in [4.78, 5) is 25.8. The number of rotatable bonds is 42. The monoisotopic (exact) mass is 973 g/mol. The van der Waals surface area contributed by atoms with E-state index in [4.69, 9.17) is 28.4 Å². The Morgan fingerprint density at radius 1 is 0.456 bits per heavy atom. The topological polar surface area (TPSA) is 231 Å². The SMILES string of the molecule is CCCCCC/C=C/CCCCCCCCCC(=O)OC[C@H](CO[C@H]1O[C@@H](CO[C@H]2O[C@@H](CO)[C@@H](O)C(O)C2O)[C@@H](O)C(O)C1O)OC(=O)CCCCCCCCC/C=C/CCCCCCCC. The van der Waals surface area contributed by atoms with Crippen LogP contribution in [0.5, 0.6) is 0 Å². The number of hydrogen-bond acceptors (Lipinski definition) is 15. The molecular formula is C53H96O15. The summed E-state index contributed by atoms with van der Waals surface area (Å²) in [7, 11) is 0. The molecule has 398 valence electrons. The second kappa shape index (κ2) is 40.6. The Hall–Kier alpha value is -2.02. The average Bonchev–Trinajstić information content (AvgIpc) is 3.33. The smallest absolute Gasteiger partial charge is 0.306 e. The van der Waals surface area contributed by atoms with Gasteiger partial charge in [0, 0.05) is 12.8 Å². The molecule has 0 aromatic carbocycles. The molecule has 2 aliphatic rings. The van der Waals surface area contributed by atoms with Crippen LogP contribution in [0.1, 0.15) is 206 Å². The molecule has 2 rings (SSSR count). The summed E-state index contributed by atoms with van der Waals surface area (Å²) in [6.07, 6.45) is 24.8. The third-order valence-electron chi connectivity index (χ3n) is 12.9. The Balaban J connectivity index is 1.79. The van der Waals surface area contributed by atoms with Crippen molar-refractivity contribution in [2.45, 2.75) is 274 Å². The van der Waals surface area contributed by atoms with Gasteiger partial charge in [-0.15, -0.1) is 0 Å². The standard InChI is InChI=1S/C53H96O15/c1-3-5-7-9-11-13-15-17-19-20-22-24-26-28-30-32-34-36-45(56)66-41(38-63-44(55)35-33-31-29-27-25-23-21-18-16-14-12-10-8-6-4-2)39-64-52-51(62)49(60)47(58)43(68-52)40-65-53-50(61)48(59)46(57)42(37-54)67-53/h14,16-17,19,41-43,46-54,57-62H,3-13,15,18,20-40H2,1-2H3/b16-14+,19-17+/t41-,42+,43+,46-,47-,48?,49?,50?,51?,52+,53+/m1/s1. The lowest BCUT2D eigenvalue weighted by Gasteiger charge is -2.42. The predicted molar refractivity (Wildman–Crippen MR) is 261 cm³/mol.